The van der Waals surface area contributed by atoms with E-state index in [4.69, 9.17) is 16.5 Å². The molecule has 12 nitrogen and oxygen atoms in total. The van der Waals surface area contributed by atoms with Crippen molar-refractivity contribution in [3.63, 3.8) is 0 Å². The van der Waals surface area contributed by atoms with Crippen molar-refractivity contribution in [3.05, 3.63) is 47.3 Å². The molecule has 1 aromatic rings. The van der Waals surface area contributed by atoms with Gasteiger partial charge in [0, 0.05) is 24.4 Å². The third-order valence-corrected chi connectivity index (χ3v) is 11.5. The fourth-order valence-electron chi connectivity index (χ4n) is 6.54. The SMILES string of the molecule is O=C1N[C@]2(C(=O)NS(=O)(=O)C3CC3)C[C@H]2C=CCCCCC[C@H](NCl)C(=O)N2C[C@H](OC(=O)N3Cc4cccc(F)c4C3)C[C@@H]12. The minimum atomic E-state index is -3.87. The van der Waals surface area contributed by atoms with Crippen molar-refractivity contribution >= 4 is 45.6 Å². The molecule has 4 amide bonds. The zero-order valence-electron chi connectivity index (χ0n) is 24.7. The Morgan fingerprint density at radius 3 is 2.64 bits per heavy atom. The van der Waals surface area contributed by atoms with Crippen molar-refractivity contribution in [1.82, 2.24) is 24.7 Å². The number of carbonyl (C=O) groups is 4. The van der Waals surface area contributed by atoms with E-state index < -0.39 is 74.5 Å². The van der Waals surface area contributed by atoms with E-state index in [1.165, 1.54) is 15.9 Å². The van der Waals surface area contributed by atoms with Gasteiger partial charge in [0.2, 0.25) is 21.8 Å². The molecular formula is C30H37ClFN5O7S. The van der Waals surface area contributed by atoms with Crippen LogP contribution in [-0.4, -0.2) is 77.6 Å². The van der Waals surface area contributed by atoms with Crippen LogP contribution in [0.3, 0.4) is 0 Å². The fraction of sp³-hybridized carbons (Fsp3) is 0.600. The first kappa shape index (κ1) is 31.7. The topological polar surface area (TPSA) is 154 Å². The normalized spacial score (nSPS) is 30.4. The number of hydrogen-bond donors (Lipinski definition) is 3. The lowest BCUT2D eigenvalue weighted by Gasteiger charge is -2.29. The van der Waals surface area contributed by atoms with Crippen LogP contribution in [0.2, 0.25) is 0 Å². The lowest BCUT2D eigenvalue weighted by atomic mass is 10.1. The van der Waals surface area contributed by atoms with Crippen molar-refractivity contribution in [1.29, 1.82) is 0 Å². The second kappa shape index (κ2) is 12.5. The highest BCUT2D eigenvalue weighted by molar-refractivity contribution is 7.91. The Bertz CT molecular complexity index is 1520. The van der Waals surface area contributed by atoms with Crippen molar-refractivity contribution < 1.29 is 36.7 Å². The van der Waals surface area contributed by atoms with Gasteiger partial charge in [-0.05, 0) is 61.9 Å². The maximum absolute atomic E-state index is 14.3. The predicted molar refractivity (Wildman–Crippen MR) is 160 cm³/mol. The molecule has 5 atom stereocenters. The number of ether oxygens (including phenoxy) is 1. The molecule has 0 spiro atoms. The highest BCUT2D eigenvalue weighted by atomic mass is 35.5. The largest absolute Gasteiger partial charge is 0.444 e. The van der Waals surface area contributed by atoms with Crippen LogP contribution in [0.25, 0.3) is 0 Å². The van der Waals surface area contributed by atoms with Crippen LogP contribution < -0.4 is 14.9 Å². The molecule has 3 N–H and O–H groups in total. The molecule has 15 heteroatoms. The van der Waals surface area contributed by atoms with E-state index in [9.17, 15) is 32.0 Å². The van der Waals surface area contributed by atoms with Gasteiger partial charge in [0.1, 0.15) is 29.5 Å². The number of sulfonamides is 1. The van der Waals surface area contributed by atoms with Gasteiger partial charge in [0.25, 0.3) is 5.91 Å². The second-order valence-electron chi connectivity index (χ2n) is 12.7. The zero-order valence-corrected chi connectivity index (χ0v) is 26.2. The first-order chi connectivity index (χ1) is 21.5. The molecule has 45 heavy (non-hydrogen) atoms. The molecule has 3 fully saturated rings. The van der Waals surface area contributed by atoms with Crippen LogP contribution in [0, 0.1) is 11.7 Å². The lowest BCUT2D eigenvalue weighted by Crippen LogP contribution is -2.57. The summed E-state index contributed by atoms with van der Waals surface area (Å²) in [5.41, 5.74) is -0.397. The van der Waals surface area contributed by atoms with Gasteiger partial charge in [-0.1, -0.05) is 37.1 Å². The molecule has 2 saturated carbocycles. The van der Waals surface area contributed by atoms with E-state index in [0.29, 0.717) is 36.8 Å². The Balaban J connectivity index is 1.22. The predicted octanol–water partition coefficient (Wildman–Crippen LogP) is 2.36. The van der Waals surface area contributed by atoms with Crippen molar-refractivity contribution in [2.75, 3.05) is 6.54 Å². The van der Waals surface area contributed by atoms with Gasteiger partial charge in [0.15, 0.2) is 0 Å². The Morgan fingerprint density at radius 2 is 1.91 bits per heavy atom. The molecule has 0 radical (unpaired) electrons. The molecule has 0 bridgehead atoms. The van der Waals surface area contributed by atoms with E-state index in [2.05, 4.69) is 14.9 Å². The quantitative estimate of drug-likeness (QED) is 0.320. The Hall–Kier alpha value is -3.23. The van der Waals surface area contributed by atoms with Crippen LogP contribution in [0.15, 0.2) is 30.4 Å². The first-order valence-electron chi connectivity index (χ1n) is 15.5. The number of halogens is 2. The number of benzene rings is 1. The second-order valence-corrected chi connectivity index (χ2v) is 14.8. The Kier molecular flexibility index (Phi) is 8.83. The number of nitrogens with one attached hydrogen (secondary N) is 3. The summed E-state index contributed by atoms with van der Waals surface area (Å²) >= 11 is 5.99. The Morgan fingerprint density at radius 1 is 1.11 bits per heavy atom. The number of rotatable bonds is 5. The molecule has 0 aromatic heterocycles. The van der Waals surface area contributed by atoms with Crippen LogP contribution in [0.5, 0.6) is 0 Å². The van der Waals surface area contributed by atoms with E-state index in [1.807, 2.05) is 12.2 Å². The van der Waals surface area contributed by atoms with E-state index >= 15 is 0 Å². The van der Waals surface area contributed by atoms with Crippen molar-refractivity contribution in [2.45, 2.75) is 99.9 Å². The minimum Gasteiger partial charge on any atom is -0.444 e. The van der Waals surface area contributed by atoms with Gasteiger partial charge in [-0.3, -0.25) is 24.0 Å². The number of nitrogens with zero attached hydrogens (tertiary/aromatic N) is 2. The number of hydrogen-bond acceptors (Lipinski definition) is 8. The maximum atomic E-state index is 14.3. The average Bonchev–Trinajstić information content (AvgIpc) is 3.88. The molecule has 6 rings (SSSR count). The summed E-state index contributed by atoms with van der Waals surface area (Å²) in [7, 11) is -3.87. The first-order valence-corrected chi connectivity index (χ1v) is 17.4. The molecule has 0 unspecified atom stereocenters. The molecule has 2 aliphatic carbocycles. The van der Waals surface area contributed by atoms with Gasteiger partial charge < -0.3 is 15.0 Å². The molecule has 3 heterocycles. The molecule has 3 aliphatic heterocycles. The monoisotopic (exact) mass is 665 g/mol. The van der Waals surface area contributed by atoms with Crippen LogP contribution in [0.1, 0.15) is 68.9 Å². The smallest absolute Gasteiger partial charge is 0.410 e. The number of allylic oxidation sites excluding steroid dienone is 1. The third-order valence-electron chi connectivity index (χ3n) is 9.43. The minimum absolute atomic E-state index is 0.0364. The van der Waals surface area contributed by atoms with Gasteiger partial charge >= 0.3 is 6.09 Å². The fourth-order valence-corrected chi connectivity index (χ4v) is 8.11. The van der Waals surface area contributed by atoms with Crippen LogP contribution in [0.4, 0.5) is 9.18 Å². The summed E-state index contributed by atoms with van der Waals surface area (Å²) in [6.45, 7) is 0.111. The van der Waals surface area contributed by atoms with Gasteiger partial charge in [-0.15, -0.1) is 0 Å². The highest BCUT2D eigenvalue weighted by Gasteiger charge is 2.62. The number of carbonyl (C=O) groups excluding carboxylic acids is 4. The van der Waals surface area contributed by atoms with Gasteiger partial charge in [-0.2, -0.15) is 0 Å². The summed E-state index contributed by atoms with van der Waals surface area (Å²) in [6.07, 6.45) is 6.82. The molecule has 5 aliphatic rings. The highest BCUT2D eigenvalue weighted by Crippen LogP contribution is 2.46. The lowest BCUT2D eigenvalue weighted by molar-refractivity contribution is -0.141. The summed E-state index contributed by atoms with van der Waals surface area (Å²) in [4.78, 5) is 59.4. The zero-order chi connectivity index (χ0) is 31.9. The van der Waals surface area contributed by atoms with Gasteiger partial charge in [-0.25, -0.2) is 22.4 Å². The number of amides is 4. The molecular weight excluding hydrogens is 629 g/mol. The summed E-state index contributed by atoms with van der Waals surface area (Å²) in [6, 6.07) is 2.73. The Labute approximate surface area is 266 Å². The van der Waals surface area contributed by atoms with Crippen LogP contribution >= 0.6 is 11.8 Å². The standard InChI is InChI=1S/C30H37ClFN5O7S/c31-34-24-10-5-3-1-2-4-8-19-14-30(19,28(40)35-45(42,43)21-11-12-21)33-26(38)25-13-20(16-37(25)27(24)39)44-29(41)36-15-18-7-6-9-23(32)22(18)17-36/h4,6-9,19-21,24-25,34H,1-3,5,10-17H2,(H,33,38)(H,35,40)/t19-,20-,24+,25+,30-/m1/s1. The van der Waals surface area contributed by atoms with Crippen molar-refractivity contribution in [2.24, 2.45) is 5.92 Å². The summed E-state index contributed by atoms with van der Waals surface area (Å²) in [5, 5.41) is 2.16. The number of fused-ring (bicyclic) bond motifs is 3. The van der Waals surface area contributed by atoms with E-state index in [-0.39, 0.29) is 32.5 Å². The maximum Gasteiger partial charge on any atom is 0.410 e. The van der Waals surface area contributed by atoms with Crippen molar-refractivity contribution in [3.8, 4) is 0 Å². The molecule has 1 aromatic carbocycles. The summed E-state index contributed by atoms with van der Waals surface area (Å²) < 4.78 is 47.4. The van der Waals surface area contributed by atoms with E-state index in [1.54, 1.807) is 12.1 Å². The third kappa shape index (κ3) is 6.54. The van der Waals surface area contributed by atoms with Crippen LogP contribution in [-0.2, 0) is 42.2 Å². The van der Waals surface area contributed by atoms with Gasteiger partial charge in [0.05, 0.1) is 18.3 Å². The summed E-state index contributed by atoms with van der Waals surface area (Å²) in [5.74, 6) is -2.74. The molecule has 1 saturated heterocycles. The van der Waals surface area contributed by atoms with E-state index in [0.717, 1.165) is 19.3 Å². The molecule has 244 valence electrons. The average molecular weight is 666 g/mol.